The van der Waals surface area contributed by atoms with Crippen LogP contribution in [0.3, 0.4) is 0 Å². The van der Waals surface area contributed by atoms with Crippen molar-refractivity contribution in [3.63, 3.8) is 0 Å². The number of nitrogens with one attached hydrogen (secondary N) is 2. The lowest BCUT2D eigenvalue weighted by Gasteiger charge is -2.32. The van der Waals surface area contributed by atoms with Crippen molar-refractivity contribution in [3.05, 3.63) is 71.9 Å². The molecule has 1 aliphatic rings. The number of piperidine rings is 1. The summed E-state index contributed by atoms with van der Waals surface area (Å²) in [5.74, 6) is 0.315. The minimum absolute atomic E-state index is 0.0707. The van der Waals surface area contributed by atoms with Gasteiger partial charge in [0.05, 0.1) is 17.5 Å². The SMILES string of the molecule is Cc1c(C(=O)N2CCCC(CNC(=O)Nc3cccc(F)c3)C2)cnn1-c1ccccn1. The van der Waals surface area contributed by atoms with Crippen molar-refractivity contribution >= 4 is 17.6 Å². The number of urea groups is 1. The van der Waals surface area contributed by atoms with E-state index in [-0.39, 0.29) is 11.8 Å². The Morgan fingerprint density at radius 3 is 2.88 bits per heavy atom. The first-order chi connectivity index (χ1) is 15.5. The summed E-state index contributed by atoms with van der Waals surface area (Å²) in [6.07, 6.45) is 5.04. The van der Waals surface area contributed by atoms with Gasteiger partial charge in [0.25, 0.3) is 5.91 Å². The number of anilines is 1. The van der Waals surface area contributed by atoms with E-state index in [1.54, 1.807) is 23.1 Å². The normalized spacial score (nSPS) is 15.9. The Labute approximate surface area is 185 Å². The Bertz CT molecular complexity index is 1100. The summed E-state index contributed by atoms with van der Waals surface area (Å²) in [6.45, 7) is 3.50. The summed E-state index contributed by atoms with van der Waals surface area (Å²) in [7, 11) is 0. The molecular formula is C23H25FN6O2. The Morgan fingerprint density at radius 1 is 1.22 bits per heavy atom. The molecule has 0 saturated carbocycles. The van der Waals surface area contributed by atoms with Gasteiger partial charge in [-0.25, -0.2) is 18.9 Å². The molecule has 2 N–H and O–H groups in total. The van der Waals surface area contributed by atoms with Crippen LogP contribution in [0.2, 0.25) is 0 Å². The van der Waals surface area contributed by atoms with Crippen LogP contribution in [0.4, 0.5) is 14.9 Å². The molecule has 1 atom stereocenters. The van der Waals surface area contributed by atoms with Gasteiger partial charge in [-0.15, -0.1) is 0 Å². The maximum absolute atomic E-state index is 13.3. The standard InChI is InChI=1S/C23H25FN6O2/c1-16-20(14-27-30(16)21-9-2-3-10-25-21)22(31)29-11-5-6-17(15-29)13-26-23(32)28-19-8-4-7-18(24)12-19/h2-4,7-10,12,14,17H,5-6,11,13,15H2,1H3,(H2,26,28,32). The number of nitrogens with zero attached hydrogens (tertiary/aromatic N) is 4. The van der Waals surface area contributed by atoms with E-state index >= 15 is 0 Å². The van der Waals surface area contributed by atoms with E-state index in [0.717, 1.165) is 18.5 Å². The lowest BCUT2D eigenvalue weighted by molar-refractivity contribution is 0.0674. The minimum atomic E-state index is -0.411. The fourth-order valence-corrected chi connectivity index (χ4v) is 3.89. The number of likely N-dealkylation sites (tertiary alicyclic amines) is 1. The quantitative estimate of drug-likeness (QED) is 0.641. The number of amides is 3. The zero-order valence-electron chi connectivity index (χ0n) is 17.8. The van der Waals surface area contributed by atoms with E-state index in [2.05, 4.69) is 20.7 Å². The molecule has 1 saturated heterocycles. The van der Waals surface area contributed by atoms with E-state index < -0.39 is 11.8 Å². The lowest BCUT2D eigenvalue weighted by Crippen LogP contribution is -2.44. The smallest absolute Gasteiger partial charge is 0.319 e. The summed E-state index contributed by atoms with van der Waals surface area (Å²) in [4.78, 5) is 31.4. The first-order valence-electron chi connectivity index (χ1n) is 10.6. The highest BCUT2D eigenvalue weighted by Gasteiger charge is 2.27. The molecule has 2 aromatic heterocycles. The summed E-state index contributed by atoms with van der Waals surface area (Å²) in [5, 5.41) is 9.78. The zero-order valence-corrected chi connectivity index (χ0v) is 17.8. The molecule has 1 aromatic carbocycles. The molecule has 3 aromatic rings. The molecule has 1 unspecified atom stereocenters. The molecular weight excluding hydrogens is 411 g/mol. The fourth-order valence-electron chi connectivity index (χ4n) is 3.89. The van der Waals surface area contributed by atoms with Crippen molar-refractivity contribution < 1.29 is 14.0 Å². The molecule has 1 fully saturated rings. The summed E-state index contributed by atoms with van der Waals surface area (Å²) < 4.78 is 14.9. The number of hydrogen-bond donors (Lipinski definition) is 2. The monoisotopic (exact) mass is 436 g/mol. The second-order valence-corrected chi connectivity index (χ2v) is 7.85. The van der Waals surface area contributed by atoms with Crippen molar-refractivity contribution in [2.75, 3.05) is 25.0 Å². The van der Waals surface area contributed by atoms with E-state index in [1.165, 1.54) is 18.2 Å². The number of carbonyl (C=O) groups is 2. The van der Waals surface area contributed by atoms with E-state index in [9.17, 15) is 14.0 Å². The molecule has 0 bridgehead atoms. The van der Waals surface area contributed by atoms with Gasteiger partial charge in [0.2, 0.25) is 0 Å². The second-order valence-electron chi connectivity index (χ2n) is 7.85. The Morgan fingerprint density at radius 2 is 2.09 bits per heavy atom. The molecule has 0 aliphatic carbocycles. The van der Waals surface area contributed by atoms with Crippen molar-refractivity contribution in [1.29, 1.82) is 0 Å². The molecule has 1 aliphatic heterocycles. The summed E-state index contributed by atoms with van der Waals surface area (Å²) >= 11 is 0. The number of aromatic nitrogens is 3. The molecule has 0 spiro atoms. The molecule has 32 heavy (non-hydrogen) atoms. The number of carbonyl (C=O) groups excluding carboxylic acids is 2. The third-order valence-electron chi connectivity index (χ3n) is 5.55. The van der Waals surface area contributed by atoms with Gasteiger partial charge in [-0.1, -0.05) is 12.1 Å². The van der Waals surface area contributed by atoms with Crippen LogP contribution in [-0.4, -0.2) is 51.2 Å². The minimum Gasteiger partial charge on any atom is -0.338 e. The molecule has 0 radical (unpaired) electrons. The lowest BCUT2D eigenvalue weighted by atomic mass is 9.97. The van der Waals surface area contributed by atoms with Crippen molar-refractivity contribution in [2.24, 2.45) is 5.92 Å². The van der Waals surface area contributed by atoms with Crippen LogP contribution in [0.15, 0.2) is 54.9 Å². The highest BCUT2D eigenvalue weighted by molar-refractivity contribution is 5.95. The third kappa shape index (κ3) is 4.93. The summed E-state index contributed by atoms with van der Waals surface area (Å²) in [5.41, 5.74) is 1.68. The van der Waals surface area contributed by atoms with Gasteiger partial charge < -0.3 is 15.5 Å². The van der Waals surface area contributed by atoms with Crippen LogP contribution in [0.25, 0.3) is 5.82 Å². The van der Waals surface area contributed by atoms with Gasteiger partial charge in [0.15, 0.2) is 5.82 Å². The number of halogens is 1. The Hall–Kier alpha value is -3.75. The van der Waals surface area contributed by atoms with Crippen molar-refractivity contribution in [2.45, 2.75) is 19.8 Å². The van der Waals surface area contributed by atoms with Gasteiger partial charge in [-0.05, 0) is 56.0 Å². The molecule has 9 heteroatoms. The average Bonchev–Trinajstić information content (AvgIpc) is 3.19. The molecule has 8 nitrogen and oxygen atoms in total. The number of benzene rings is 1. The molecule has 3 amide bonds. The molecule has 3 heterocycles. The first-order valence-corrected chi connectivity index (χ1v) is 10.6. The van der Waals surface area contributed by atoms with E-state index in [0.29, 0.717) is 36.7 Å². The van der Waals surface area contributed by atoms with E-state index in [1.807, 2.05) is 30.0 Å². The van der Waals surface area contributed by atoms with Gasteiger partial charge in [0.1, 0.15) is 5.82 Å². The van der Waals surface area contributed by atoms with Crippen LogP contribution in [0.5, 0.6) is 0 Å². The van der Waals surface area contributed by atoms with Crippen molar-refractivity contribution in [3.8, 4) is 5.82 Å². The topological polar surface area (TPSA) is 92.2 Å². The molecule has 166 valence electrons. The van der Waals surface area contributed by atoms with Crippen LogP contribution < -0.4 is 10.6 Å². The maximum Gasteiger partial charge on any atom is 0.319 e. The van der Waals surface area contributed by atoms with Crippen molar-refractivity contribution in [1.82, 2.24) is 25.0 Å². The Kier molecular flexibility index (Phi) is 6.44. The van der Waals surface area contributed by atoms with Gasteiger partial charge in [0, 0.05) is 31.5 Å². The number of rotatable bonds is 5. The summed E-state index contributed by atoms with van der Waals surface area (Å²) in [6, 6.07) is 10.9. The van der Waals surface area contributed by atoms with Crippen LogP contribution in [0.1, 0.15) is 28.9 Å². The highest BCUT2D eigenvalue weighted by Crippen LogP contribution is 2.20. The average molecular weight is 436 g/mol. The van der Waals surface area contributed by atoms with Gasteiger partial charge in [-0.3, -0.25) is 4.79 Å². The number of pyridine rings is 1. The van der Waals surface area contributed by atoms with Crippen LogP contribution in [-0.2, 0) is 0 Å². The van der Waals surface area contributed by atoms with E-state index in [4.69, 9.17) is 0 Å². The highest BCUT2D eigenvalue weighted by atomic mass is 19.1. The largest absolute Gasteiger partial charge is 0.338 e. The number of hydrogen-bond acceptors (Lipinski definition) is 4. The second kappa shape index (κ2) is 9.59. The predicted octanol–water partition coefficient (Wildman–Crippen LogP) is 3.39. The molecule has 4 rings (SSSR count). The van der Waals surface area contributed by atoms with Crippen LogP contribution >= 0.6 is 0 Å². The first kappa shape index (κ1) is 21.5. The fraction of sp³-hybridized carbons (Fsp3) is 0.304. The maximum atomic E-state index is 13.3. The third-order valence-corrected chi connectivity index (χ3v) is 5.55. The van der Waals surface area contributed by atoms with Gasteiger partial charge >= 0.3 is 6.03 Å². The predicted molar refractivity (Wildman–Crippen MR) is 118 cm³/mol. The zero-order chi connectivity index (χ0) is 22.5. The van der Waals surface area contributed by atoms with Gasteiger partial charge in [-0.2, -0.15) is 5.10 Å². The van der Waals surface area contributed by atoms with Crippen LogP contribution in [0, 0.1) is 18.7 Å². The Balaban J connectivity index is 1.34.